The summed E-state index contributed by atoms with van der Waals surface area (Å²) in [5.74, 6) is 2.23. The van der Waals surface area contributed by atoms with Gasteiger partial charge in [-0.1, -0.05) is 6.07 Å². The summed E-state index contributed by atoms with van der Waals surface area (Å²) in [7, 11) is 1.70. The van der Waals surface area contributed by atoms with Crippen molar-refractivity contribution >= 4 is 17.7 Å². The van der Waals surface area contributed by atoms with Crippen molar-refractivity contribution in [2.75, 3.05) is 51.3 Å². The third-order valence-corrected chi connectivity index (χ3v) is 4.87. The molecule has 3 N–H and O–H groups in total. The number of hydrogen-bond donors (Lipinski definition) is 3. The summed E-state index contributed by atoms with van der Waals surface area (Å²) in [5, 5.41) is 9.41. The number of rotatable bonds is 9. The van der Waals surface area contributed by atoms with Crippen LogP contribution in [0, 0.1) is 5.92 Å². The van der Waals surface area contributed by atoms with Crippen LogP contribution < -0.4 is 25.6 Å². The van der Waals surface area contributed by atoms with Gasteiger partial charge in [0.25, 0.3) is 0 Å². The highest BCUT2D eigenvalue weighted by Crippen LogP contribution is 2.26. The van der Waals surface area contributed by atoms with E-state index in [1.165, 1.54) is 5.69 Å². The number of alkyl carbamates (subject to hydrolysis) is 1. The van der Waals surface area contributed by atoms with Crippen LogP contribution in [-0.2, 0) is 4.74 Å². The molecule has 174 valence electrons. The molecular weight excluding hydrogens is 394 g/mol. The maximum Gasteiger partial charge on any atom is 0.407 e. The number of guanidine groups is 1. The molecule has 1 aromatic rings. The fourth-order valence-corrected chi connectivity index (χ4v) is 3.39. The smallest absolute Gasteiger partial charge is 0.407 e. The Kier molecular flexibility index (Phi) is 9.75. The van der Waals surface area contributed by atoms with E-state index in [0.29, 0.717) is 12.5 Å². The van der Waals surface area contributed by atoms with Crippen molar-refractivity contribution in [1.82, 2.24) is 16.0 Å². The first-order valence-corrected chi connectivity index (χ1v) is 11.2. The van der Waals surface area contributed by atoms with Crippen LogP contribution in [0.1, 0.15) is 40.5 Å². The Hall–Kier alpha value is -2.64. The molecule has 0 spiro atoms. The molecule has 8 heteroatoms. The first-order valence-electron chi connectivity index (χ1n) is 11.2. The summed E-state index contributed by atoms with van der Waals surface area (Å²) in [6.45, 7) is 12.5. The molecule has 1 aliphatic rings. The van der Waals surface area contributed by atoms with Crippen molar-refractivity contribution in [3.8, 4) is 5.75 Å². The highest BCUT2D eigenvalue weighted by Gasteiger charge is 2.23. The van der Waals surface area contributed by atoms with E-state index in [0.717, 1.165) is 57.3 Å². The maximum atomic E-state index is 11.7. The highest BCUT2D eigenvalue weighted by atomic mass is 16.6. The Balaban J connectivity index is 1.72. The fourth-order valence-electron chi connectivity index (χ4n) is 3.39. The fraction of sp³-hybridized carbons (Fsp3) is 0.652. The molecule has 1 aromatic carbocycles. The predicted molar refractivity (Wildman–Crippen MR) is 126 cm³/mol. The SMILES string of the molecule is CCNC(=NCC1CCN(c2cccc(OC)c2)C1)NCCCNC(=O)OC(C)(C)C. The maximum absolute atomic E-state index is 11.7. The van der Waals surface area contributed by atoms with Crippen LogP contribution in [-0.4, -0.2) is 64.0 Å². The second-order valence-electron chi connectivity index (χ2n) is 8.73. The molecule has 1 unspecified atom stereocenters. The number of amides is 1. The average Bonchev–Trinajstić information content (AvgIpc) is 3.19. The van der Waals surface area contributed by atoms with E-state index in [2.05, 4.69) is 39.9 Å². The molecule has 31 heavy (non-hydrogen) atoms. The van der Waals surface area contributed by atoms with Crippen molar-refractivity contribution < 1.29 is 14.3 Å². The number of anilines is 1. The number of methoxy groups -OCH3 is 1. The molecule has 0 aromatic heterocycles. The zero-order valence-electron chi connectivity index (χ0n) is 19.7. The van der Waals surface area contributed by atoms with E-state index in [1.54, 1.807) is 7.11 Å². The number of aliphatic imine (C=N–C) groups is 1. The van der Waals surface area contributed by atoms with Crippen LogP contribution in [0.15, 0.2) is 29.3 Å². The third kappa shape index (κ3) is 9.36. The van der Waals surface area contributed by atoms with Gasteiger partial charge in [-0.25, -0.2) is 4.79 Å². The van der Waals surface area contributed by atoms with Crippen LogP contribution in [0.2, 0.25) is 0 Å². The standard InChI is InChI=1S/C23H39N5O3/c1-6-24-21(25-12-8-13-26-22(29)31-23(2,3)4)27-16-18-11-14-28(17-18)19-9-7-10-20(15-19)30-5/h7,9-10,15,18H,6,8,11-14,16-17H2,1-5H3,(H,26,29)(H2,24,25,27). The lowest BCUT2D eigenvalue weighted by molar-refractivity contribution is 0.0527. The van der Waals surface area contributed by atoms with Gasteiger partial charge >= 0.3 is 6.09 Å². The van der Waals surface area contributed by atoms with Gasteiger partial charge in [-0.15, -0.1) is 0 Å². The molecule has 2 rings (SSSR count). The number of carbonyl (C=O) groups excluding carboxylic acids is 1. The van der Waals surface area contributed by atoms with Crippen LogP contribution in [0.25, 0.3) is 0 Å². The van der Waals surface area contributed by atoms with Gasteiger partial charge in [0, 0.05) is 51.0 Å². The van der Waals surface area contributed by atoms with Crippen LogP contribution in [0.3, 0.4) is 0 Å². The minimum atomic E-state index is -0.477. The Bertz CT molecular complexity index is 717. The molecule has 1 saturated heterocycles. The molecule has 0 saturated carbocycles. The van der Waals surface area contributed by atoms with E-state index in [-0.39, 0.29) is 6.09 Å². The average molecular weight is 434 g/mol. The van der Waals surface area contributed by atoms with Crippen LogP contribution in [0.5, 0.6) is 5.75 Å². The Morgan fingerprint density at radius 3 is 2.71 bits per heavy atom. The molecular formula is C23H39N5O3. The van der Waals surface area contributed by atoms with E-state index in [1.807, 2.05) is 32.9 Å². The molecule has 0 bridgehead atoms. The summed E-state index contributed by atoms with van der Waals surface area (Å²) in [4.78, 5) is 18.8. The van der Waals surface area contributed by atoms with Gasteiger partial charge in [-0.05, 0) is 58.6 Å². The lowest BCUT2D eigenvalue weighted by atomic mass is 10.1. The lowest BCUT2D eigenvalue weighted by Gasteiger charge is -2.20. The Morgan fingerprint density at radius 2 is 2.00 bits per heavy atom. The van der Waals surface area contributed by atoms with Gasteiger partial charge in [-0.2, -0.15) is 0 Å². The van der Waals surface area contributed by atoms with Gasteiger partial charge in [0.1, 0.15) is 11.4 Å². The molecule has 0 radical (unpaired) electrons. The Labute approximate surface area is 186 Å². The minimum absolute atomic E-state index is 0.380. The molecule has 1 aliphatic heterocycles. The second-order valence-corrected chi connectivity index (χ2v) is 8.73. The minimum Gasteiger partial charge on any atom is -0.497 e. The van der Waals surface area contributed by atoms with Gasteiger partial charge in [-0.3, -0.25) is 4.99 Å². The summed E-state index contributed by atoms with van der Waals surface area (Å²) >= 11 is 0. The van der Waals surface area contributed by atoms with Gasteiger partial charge in [0.05, 0.1) is 7.11 Å². The normalized spacial score (nSPS) is 16.7. The van der Waals surface area contributed by atoms with Gasteiger partial charge < -0.3 is 30.3 Å². The first kappa shape index (κ1) is 24.6. The van der Waals surface area contributed by atoms with E-state index in [4.69, 9.17) is 14.5 Å². The molecule has 0 aliphatic carbocycles. The summed E-state index contributed by atoms with van der Waals surface area (Å²) < 4.78 is 10.6. The van der Waals surface area contributed by atoms with Gasteiger partial charge in [0.15, 0.2) is 5.96 Å². The number of benzene rings is 1. The summed E-state index contributed by atoms with van der Waals surface area (Å²) in [6.07, 6.45) is 1.53. The highest BCUT2D eigenvalue weighted by molar-refractivity contribution is 5.79. The van der Waals surface area contributed by atoms with Crippen molar-refractivity contribution in [1.29, 1.82) is 0 Å². The van der Waals surface area contributed by atoms with Crippen molar-refractivity contribution in [2.45, 2.75) is 46.1 Å². The van der Waals surface area contributed by atoms with Crippen LogP contribution >= 0.6 is 0 Å². The topological polar surface area (TPSA) is 87.2 Å². The Morgan fingerprint density at radius 1 is 1.23 bits per heavy atom. The molecule has 1 fully saturated rings. The van der Waals surface area contributed by atoms with E-state index in [9.17, 15) is 4.79 Å². The van der Waals surface area contributed by atoms with Crippen LogP contribution in [0.4, 0.5) is 10.5 Å². The van der Waals surface area contributed by atoms with E-state index >= 15 is 0 Å². The van der Waals surface area contributed by atoms with Crippen molar-refractivity contribution in [3.63, 3.8) is 0 Å². The lowest BCUT2D eigenvalue weighted by Crippen LogP contribution is -2.39. The number of nitrogens with zero attached hydrogens (tertiary/aromatic N) is 2. The second kappa shape index (κ2) is 12.3. The van der Waals surface area contributed by atoms with E-state index < -0.39 is 5.60 Å². The number of hydrogen-bond acceptors (Lipinski definition) is 5. The molecule has 1 atom stereocenters. The third-order valence-electron chi connectivity index (χ3n) is 4.87. The number of nitrogens with one attached hydrogen (secondary N) is 3. The summed E-state index contributed by atoms with van der Waals surface area (Å²) in [6, 6.07) is 8.22. The predicted octanol–water partition coefficient (Wildman–Crippen LogP) is 2.99. The monoisotopic (exact) mass is 433 g/mol. The first-order chi connectivity index (χ1) is 14.8. The summed E-state index contributed by atoms with van der Waals surface area (Å²) in [5.41, 5.74) is 0.726. The quantitative estimate of drug-likeness (QED) is 0.315. The zero-order chi connectivity index (χ0) is 22.7. The van der Waals surface area contributed by atoms with Gasteiger partial charge in [0.2, 0.25) is 0 Å². The number of ether oxygens (including phenoxy) is 2. The molecule has 1 heterocycles. The number of carbonyl (C=O) groups is 1. The molecule has 1 amide bonds. The van der Waals surface area contributed by atoms with Crippen molar-refractivity contribution in [3.05, 3.63) is 24.3 Å². The molecule has 8 nitrogen and oxygen atoms in total. The largest absolute Gasteiger partial charge is 0.497 e. The van der Waals surface area contributed by atoms with Crippen molar-refractivity contribution in [2.24, 2.45) is 10.9 Å². The zero-order valence-corrected chi connectivity index (χ0v) is 19.7.